The van der Waals surface area contributed by atoms with E-state index in [0.29, 0.717) is 16.5 Å². The van der Waals surface area contributed by atoms with Crippen molar-refractivity contribution >= 4 is 33.2 Å². The molecule has 0 spiro atoms. The molecule has 1 amide bonds. The first-order chi connectivity index (χ1) is 12.9. The molecule has 0 aromatic heterocycles. The van der Waals surface area contributed by atoms with Crippen molar-refractivity contribution in [3.05, 3.63) is 53.6 Å². The number of sulfonamides is 1. The average molecular weight is 425 g/mol. The molecule has 0 atom stereocenters. The highest BCUT2D eigenvalue weighted by Crippen LogP contribution is 2.23. The number of nitrogens with zero attached hydrogens (tertiary/aromatic N) is 1. The number of rotatable bonds is 7. The topological polar surface area (TPSA) is 75.7 Å². The average Bonchev–Trinajstić information content (AvgIpc) is 2.63. The second-order valence-corrected chi connectivity index (χ2v) is 9.59. The highest BCUT2D eigenvalue weighted by molar-refractivity contribution is 7.89. The van der Waals surface area contributed by atoms with Gasteiger partial charge in [-0.05, 0) is 76.2 Å². The van der Waals surface area contributed by atoms with Crippen LogP contribution in [-0.4, -0.2) is 37.3 Å². The Balaban J connectivity index is 2.10. The number of amides is 1. The van der Waals surface area contributed by atoms with Gasteiger partial charge >= 0.3 is 0 Å². The number of benzene rings is 2. The number of halogens is 1. The van der Waals surface area contributed by atoms with Gasteiger partial charge in [0.05, 0.1) is 4.90 Å². The molecule has 2 aromatic rings. The van der Waals surface area contributed by atoms with Gasteiger partial charge in [-0.2, -0.15) is 4.31 Å². The predicted molar refractivity (Wildman–Crippen MR) is 111 cm³/mol. The molecule has 0 aliphatic rings. The van der Waals surface area contributed by atoms with Gasteiger partial charge < -0.3 is 10.1 Å². The summed E-state index contributed by atoms with van der Waals surface area (Å²) in [5, 5.41) is 3.32. The van der Waals surface area contributed by atoms with Crippen LogP contribution in [0.15, 0.2) is 53.4 Å². The molecule has 0 saturated carbocycles. The minimum atomic E-state index is -3.57. The van der Waals surface area contributed by atoms with E-state index in [0.717, 1.165) is 0 Å². The Kier molecular flexibility index (Phi) is 6.75. The van der Waals surface area contributed by atoms with Crippen molar-refractivity contribution in [2.75, 3.05) is 12.4 Å². The zero-order chi connectivity index (χ0) is 21.1. The number of carbonyl (C=O) groups is 1. The van der Waals surface area contributed by atoms with Gasteiger partial charge in [-0.15, -0.1) is 0 Å². The molecule has 6 nitrogen and oxygen atoms in total. The van der Waals surface area contributed by atoms with Crippen LogP contribution in [0.1, 0.15) is 27.7 Å². The van der Waals surface area contributed by atoms with E-state index in [4.69, 9.17) is 16.3 Å². The van der Waals surface area contributed by atoms with Crippen LogP contribution in [-0.2, 0) is 14.8 Å². The first-order valence-corrected chi connectivity index (χ1v) is 10.6. The van der Waals surface area contributed by atoms with Gasteiger partial charge in [-0.3, -0.25) is 4.79 Å². The maximum Gasteiger partial charge on any atom is 0.267 e. The van der Waals surface area contributed by atoms with Crippen LogP contribution in [0.4, 0.5) is 5.69 Å². The summed E-state index contributed by atoms with van der Waals surface area (Å²) >= 11 is 5.85. The number of nitrogens with one attached hydrogen (secondary N) is 1. The molecule has 152 valence electrons. The van der Waals surface area contributed by atoms with Gasteiger partial charge in [0.2, 0.25) is 10.0 Å². The summed E-state index contributed by atoms with van der Waals surface area (Å²) in [7, 11) is -2.04. The number of ether oxygens (including phenoxy) is 1. The van der Waals surface area contributed by atoms with Crippen LogP contribution in [0.2, 0.25) is 5.02 Å². The summed E-state index contributed by atoms with van der Waals surface area (Å²) in [5.41, 5.74) is -0.667. The first kappa shape index (κ1) is 22.2. The monoisotopic (exact) mass is 424 g/mol. The summed E-state index contributed by atoms with van der Waals surface area (Å²) in [5.74, 6) is 0.153. The Labute approximate surface area is 171 Å². The zero-order valence-corrected chi connectivity index (χ0v) is 18.1. The van der Waals surface area contributed by atoms with Crippen molar-refractivity contribution < 1.29 is 17.9 Å². The number of anilines is 1. The van der Waals surface area contributed by atoms with Gasteiger partial charge in [-0.1, -0.05) is 11.6 Å². The molecule has 0 aliphatic heterocycles. The lowest BCUT2D eigenvalue weighted by Crippen LogP contribution is -2.42. The van der Waals surface area contributed by atoms with E-state index in [1.807, 2.05) is 0 Å². The minimum Gasteiger partial charge on any atom is -0.478 e. The summed E-state index contributed by atoms with van der Waals surface area (Å²) in [6, 6.07) is 12.6. The number of carbonyl (C=O) groups excluding carboxylic acids is 1. The van der Waals surface area contributed by atoms with E-state index in [9.17, 15) is 13.2 Å². The maximum absolute atomic E-state index is 12.6. The molecule has 0 fully saturated rings. The molecule has 0 unspecified atom stereocenters. The molecule has 0 bridgehead atoms. The van der Waals surface area contributed by atoms with Gasteiger partial charge in [0.25, 0.3) is 5.91 Å². The van der Waals surface area contributed by atoms with Crippen molar-refractivity contribution in [1.29, 1.82) is 0 Å². The van der Waals surface area contributed by atoms with E-state index >= 15 is 0 Å². The maximum atomic E-state index is 12.6. The number of hydrogen-bond acceptors (Lipinski definition) is 4. The van der Waals surface area contributed by atoms with Crippen LogP contribution in [0.5, 0.6) is 5.75 Å². The third kappa shape index (κ3) is 5.25. The molecule has 8 heteroatoms. The third-order valence-corrected chi connectivity index (χ3v) is 6.55. The second kappa shape index (κ2) is 8.51. The smallest absolute Gasteiger partial charge is 0.267 e. The zero-order valence-electron chi connectivity index (χ0n) is 16.6. The largest absolute Gasteiger partial charge is 0.478 e. The lowest BCUT2D eigenvalue weighted by molar-refractivity contribution is -0.128. The van der Waals surface area contributed by atoms with Gasteiger partial charge in [0.1, 0.15) is 5.75 Å². The molecular formula is C20H25ClN2O4S. The quantitative estimate of drug-likeness (QED) is 0.723. The van der Waals surface area contributed by atoms with E-state index in [-0.39, 0.29) is 16.8 Å². The fourth-order valence-electron chi connectivity index (χ4n) is 2.28. The first-order valence-electron chi connectivity index (χ1n) is 8.77. The predicted octanol–water partition coefficient (Wildman–Crippen LogP) is 4.17. The lowest BCUT2D eigenvalue weighted by atomic mass is 10.1. The highest BCUT2D eigenvalue weighted by atomic mass is 35.5. The van der Waals surface area contributed by atoms with Crippen LogP contribution < -0.4 is 10.1 Å². The molecule has 0 heterocycles. The minimum absolute atomic E-state index is 0.157. The standard InChI is InChI=1S/C20H25ClN2O4S/c1-14(2)23(5)28(25,26)18-12-8-16(9-13-18)22-19(24)20(3,4)27-17-10-6-15(21)7-11-17/h6-14H,1-5H3,(H,22,24). The SMILES string of the molecule is CC(C)N(C)S(=O)(=O)c1ccc(NC(=O)C(C)(C)Oc2ccc(Cl)cc2)cc1. The summed E-state index contributed by atoms with van der Waals surface area (Å²) < 4.78 is 32.1. The Morgan fingerprint density at radius 3 is 2.11 bits per heavy atom. The summed E-state index contributed by atoms with van der Waals surface area (Å²) in [6.45, 7) is 6.89. The normalized spacial score (nSPS) is 12.3. The Morgan fingerprint density at radius 2 is 1.61 bits per heavy atom. The third-order valence-electron chi connectivity index (χ3n) is 4.25. The van der Waals surface area contributed by atoms with Crippen molar-refractivity contribution in [3.63, 3.8) is 0 Å². The van der Waals surface area contributed by atoms with Gasteiger partial charge in [-0.25, -0.2) is 8.42 Å². The molecule has 0 radical (unpaired) electrons. The summed E-state index contributed by atoms with van der Waals surface area (Å²) in [4.78, 5) is 12.8. The Bertz CT molecular complexity index is 924. The fraction of sp³-hybridized carbons (Fsp3) is 0.350. The van der Waals surface area contributed by atoms with Crippen LogP contribution >= 0.6 is 11.6 Å². The van der Waals surface area contributed by atoms with Crippen molar-refractivity contribution in [3.8, 4) is 5.75 Å². The molecule has 0 saturated heterocycles. The van der Waals surface area contributed by atoms with Crippen LogP contribution in [0.3, 0.4) is 0 Å². The van der Waals surface area contributed by atoms with E-state index < -0.39 is 15.6 Å². The van der Waals surface area contributed by atoms with E-state index in [1.54, 1.807) is 64.1 Å². The van der Waals surface area contributed by atoms with Crippen molar-refractivity contribution in [1.82, 2.24) is 4.31 Å². The summed E-state index contributed by atoms with van der Waals surface area (Å²) in [6.07, 6.45) is 0. The molecule has 2 aromatic carbocycles. The van der Waals surface area contributed by atoms with Gasteiger partial charge in [0, 0.05) is 23.8 Å². The van der Waals surface area contributed by atoms with E-state index in [1.165, 1.54) is 23.5 Å². The van der Waals surface area contributed by atoms with Crippen LogP contribution in [0, 0.1) is 0 Å². The van der Waals surface area contributed by atoms with Crippen LogP contribution in [0.25, 0.3) is 0 Å². The Morgan fingerprint density at radius 1 is 1.07 bits per heavy atom. The molecule has 1 N–H and O–H groups in total. The van der Waals surface area contributed by atoms with Crippen molar-refractivity contribution in [2.24, 2.45) is 0 Å². The lowest BCUT2D eigenvalue weighted by Gasteiger charge is -2.25. The molecular weight excluding hydrogens is 400 g/mol. The molecule has 28 heavy (non-hydrogen) atoms. The highest BCUT2D eigenvalue weighted by Gasteiger charge is 2.30. The Hall–Kier alpha value is -2.09. The number of hydrogen-bond donors (Lipinski definition) is 1. The van der Waals surface area contributed by atoms with Crippen molar-refractivity contribution in [2.45, 2.75) is 44.2 Å². The van der Waals surface area contributed by atoms with Gasteiger partial charge in [0.15, 0.2) is 5.60 Å². The van der Waals surface area contributed by atoms with E-state index in [2.05, 4.69) is 5.32 Å². The molecule has 2 rings (SSSR count). The fourth-order valence-corrected chi connectivity index (χ4v) is 3.77. The molecule has 0 aliphatic carbocycles. The second-order valence-electron chi connectivity index (χ2n) is 7.16.